The minimum Gasteiger partial charge on any atom is -0.494 e. The van der Waals surface area contributed by atoms with Gasteiger partial charge in [-0.05, 0) is 56.5 Å². The van der Waals surface area contributed by atoms with E-state index in [-0.39, 0.29) is 11.7 Å². The topological polar surface area (TPSA) is 69.0 Å². The molecule has 0 aliphatic heterocycles. The zero-order chi connectivity index (χ0) is 21.5. The maximum atomic E-state index is 12.5. The second kappa shape index (κ2) is 10.3. The number of rotatable bonds is 9. The van der Waals surface area contributed by atoms with Crippen LogP contribution in [0, 0.1) is 13.8 Å². The van der Waals surface area contributed by atoms with Gasteiger partial charge in [-0.1, -0.05) is 43.0 Å². The molecule has 0 saturated carbocycles. The van der Waals surface area contributed by atoms with E-state index in [4.69, 9.17) is 4.74 Å². The quantitative estimate of drug-likeness (QED) is 0.484. The van der Waals surface area contributed by atoms with E-state index in [1.54, 1.807) is 0 Å². The number of nitrogens with zero attached hydrogens (tertiary/aromatic N) is 3. The molecule has 0 radical (unpaired) electrons. The molecule has 0 bridgehead atoms. The predicted molar refractivity (Wildman–Crippen MR) is 122 cm³/mol. The largest absolute Gasteiger partial charge is 0.494 e. The van der Waals surface area contributed by atoms with Crippen LogP contribution in [-0.2, 0) is 11.3 Å². The second-order valence-electron chi connectivity index (χ2n) is 7.03. The fourth-order valence-electron chi connectivity index (χ4n) is 3.11. The van der Waals surface area contributed by atoms with Crippen LogP contribution in [0.2, 0.25) is 0 Å². The maximum Gasteiger partial charge on any atom is 0.234 e. The van der Waals surface area contributed by atoms with Crippen LogP contribution in [0.1, 0.15) is 31.4 Å². The highest BCUT2D eigenvalue weighted by Crippen LogP contribution is 2.27. The first kappa shape index (κ1) is 21.9. The molecule has 3 rings (SSSR count). The number of nitrogens with one attached hydrogen (secondary N) is 1. The van der Waals surface area contributed by atoms with Gasteiger partial charge >= 0.3 is 0 Å². The first-order valence-electron chi connectivity index (χ1n) is 10.2. The van der Waals surface area contributed by atoms with Gasteiger partial charge in [0.1, 0.15) is 5.75 Å². The SMILES string of the molecule is CCCOc1ccc(NC(=O)CSc2nnc(-c3ccccc3C)n2CC)c(C)c1. The van der Waals surface area contributed by atoms with Gasteiger partial charge < -0.3 is 14.6 Å². The Morgan fingerprint density at radius 2 is 1.90 bits per heavy atom. The molecule has 1 heterocycles. The number of carbonyl (C=O) groups excluding carboxylic acids is 1. The Bertz CT molecular complexity index is 1020. The number of aryl methyl sites for hydroxylation is 2. The Balaban J connectivity index is 1.65. The third-order valence-corrected chi connectivity index (χ3v) is 5.66. The molecular formula is C23H28N4O2S. The standard InChI is InChI=1S/C23H28N4O2S/c1-5-13-29-18-11-12-20(17(4)14-18)24-21(28)15-30-23-26-25-22(27(23)6-2)19-10-8-7-9-16(19)3/h7-12,14H,5-6,13,15H2,1-4H3,(H,24,28). The summed E-state index contributed by atoms with van der Waals surface area (Å²) in [6.45, 7) is 9.57. The molecule has 0 aliphatic rings. The van der Waals surface area contributed by atoms with Gasteiger partial charge in [0.15, 0.2) is 11.0 Å². The van der Waals surface area contributed by atoms with Gasteiger partial charge in [-0.3, -0.25) is 4.79 Å². The van der Waals surface area contributed by atoms with E-state index in [0.717, 1.165) is 52.1 Å². The Morgan fingerprint density at radius 3 is 2.60 bits per heavy atom. The van der Waals surface area contributed by atoms with Crippen LogP contribution in [0.25, 0.3) is 11.4 Å². The fraction of sp³-hybridized carbons (Fsp3) is 0.348. The number of hydrogen-bond acceptors (Lipinski definition) is 5. The van der Waals surface area contributed by atoms with Crippen LogP contribution >= 0.6 is 11.8 Å². The maximum absolute atomic E-state index is 12.5. The number of hydrogen-bond donors (Lipinski definition) is 1. The third kappa shape index (κ3) is 5.21. The van der Waals surface area contributed by atoms with Gasteiger partial charge in [0.05, 0.1) is 12.4 Å². The van der Waals surface area contributed by atoms with Crippen molar-refractivity contribution in [2.75, 3.05) is 17.7 Å². The number of ether oxygens (including phenoxy) is 1. The molecule has 0 atom stereocenters. The Labute approximate surface area is 182 Å². The predicted octanol–water partition coefficient (Wildman–Crippen LogP) is 5.10. The molecule has 7 heteroatoms. The number of carbonyl (C=O) groups is 1. The number of thioether (sulfide) groups is 1. The lowest BCUT2D eigenvalue weighted by Crippen LogP contribution is -2.15. The van der Waals surface area contributed by atoms with E-state index in [2.05, 4.69) is 42.4 Å². The molecule has 0 aliphatic carbocycles. The summed E-state index contributed by atoms with van der Waals surface area (Å²) in [5, 5.41) is 12.4. The van der Waals surface area contributed by atoms with Gasteiger partial charge in [-0.25, -0.2) is 0 Å². The number of benzene rings is 2. The lowest BCUT2D eigenvalue weighted by Gasteiger charge is -2.11. The van der Waals surface area contributed by atoms with Crippen molar-refractivity contribution < 1.29 is 9.53 Å². The molecule has 0 spiro atoms. The normalized spacial score (nSPS) is 10.8. The molecule has 6 nitrogen and oxygen atoms in total. The van der Waals surface area contributed by atoms with Crippen molar-refractivity contribution in [3.05, 3.63) is 53.6 Å². The minimum absolute atomic E-state index is 0.0755. The van der Waals surface area contributed by atoms with Crippen molar-refractivity contribution in [3.63, 3.8) is 0 Å². The number of amides is 1. The van der Waals surface area contributed by atoms with Crippen molar-refractivity contribution in [2.24, 2.45) is 0 Å². The minimum atomic E-state index is -0.0755. The van der Waals surface area contributed by atoms with Gasteiger partial charge in [-0.2, -0.15) is 0 Å². The smallest absolute Gasteiger partial charge is 0.234 e. The molecular weight excluding hydrogens is 396 g/mol. The molecule has 1 N–H and O–H groups in total. The van der Waals surface area contributed by atoms with Crippen molar-refractivity contribution in [3.8, 4) is 17.1 Å². The molecule has 1 amide bonds. The Morgan fingerprint density at radius 1 is 1.10 bits per heavy atom. The van der Waals surface area contributed by atoms with Gasteiger partial charge in [0, 0.05) is 17.8 Å². The zero-order valence-electron chi connectivity index (χ0n) is 17.9. The van der Waals surface area contributed by atoms with E-state index in [1.807, 2.05) is 47.9 Å². The van der Waals surface area contributed by atoms with E-state index < -0.39 is 0 Å². The summed E-state index contributed by atoms with van der Waals surface area (Å²) < 4.78 is 7.69. The van der Waals surface area contributed by atoms with Crippen molar-refractivity contribution in [1.29, 1.82) is 0 Å². The van der Waals surface area contributed by atoms with E-state index >= 15 is 0 Å². The summed E-state index contributed by atoms with van der Waals surface area (Å²) >= 11 is 1.39. The number of anilines is 1. The molecule has 0 fully saturated rings. The highest BCUT2D eigenvalue weighted by molar-refractivity contribution is 7.99. The molecule has 158 valence electrons. The molecule has 0 saturated heterocycles. The summed E-state index contributed by atoms with van der Waals surface area (Å²) in [5.41, 5.74) is 3.97. The summed E-state index contributed by atoms with van der Waals surface area (Å²) in [4.78, 5) is 12.5. The molecule has 30 heavy (non-hydrogen) atoms. The fourth-order valence-corrected chi connectivity index (χ4v) is 3.91. The van der Waals surface area contributed by atoms with Crippen molar-refractivity contribution >= 4 is 23.4 Å². The third-order valence-electron chi connectivity index (χ3n) is 4.70. The summed E-state index contributed by atoms with van der Waals surface area (Å²) in [6, 6.07) is 13.8. The van der Waals surface area contributed by atoms with Crippen LogP contribution in [-0.4, -0.2) is 33.0 Å². The zero-order valence-corrected chi connectivity index (χ0v) is 18.8. The molecule has 2 aromatic carbocycles. The Hall–Kier alpha value is -2.80. The van der Waals surface area contributed by atoms with Gasteiger partial charge in [0.2, 0.25) is 5.91 Å². The highest BCUT2D eigenvalue weighted by atomic mass is 32.2. The first-order valence-corrected chi connectivity index (χ1v) is 11.2. The van der Waals surface area contributed by atoms with E-state index in [1.165, 1.54) is 11.8 Å². The molecule has 3 aromatic rings. The highest BCUT2D eigenvalue weighted by Gasteiger charge is 2.16. The van der Waals surface area contributed by atoms with Gasteiger partial charge in [-0.15, -0.1) is 10.2 Å². The van der Waals surface area contributed by atoms with Crippen LogP contribution < -0.4 is 10.1 Å². The molecule has 0 unspecified atom stereocenters. The average molecular weight is 425 g/mol. The summed E-state index contributed by atoms with van der Waals surface area (Å²) in [5.74, 6) is 1.84. The lowest BCUT2D eigenvalue weighted by atomic mass is 10.1. The monoisotopic (exact) mass is 424 g/mol. The lowest BCUT2D eigenvalue weighted by molar-refractivity contribution is -0.113. The molecule has 1 aromatic heterocycles. The second-order valence-corrected chi connectivity index (χ2v) is 7.97. The van der Waals surface area contributed by atoms with Crippen LogP contribution in [0.3, 0.4) is 0 Å². The number of aromatic nitrogens is 3. The summed E-state index contributed by atoms with van der Waals surface area (Å²) in [6.07, 6.45) is 0.961. The van der Waals surface area contributed by atoms with Crippen molar-refractivity contribution in [2.45, 2.75) is 45.8 Å². The van der Waals surface area contributed by atoms with E-state index in [9.17, 15) is 4.79 Å². The van der Waals surface area contributed by atoms with Crippen LogP contribution in [0.4, 0.5) is 5.69 Å². The van der Waals surface area contributed by atoms with Crippen LogP contribution in [0.5, 0.6) is 5.75 Å². The van der Waals surface area contributed by atoms with Crippen LogP contribution in [0.15, 0.2) is 47.6 Å². The van der Waals surface area contributed by atoms with E-state index in [0.29, 0.717) is 6.61 Å². The Kier molecular flexibility index (Phi) is 7.52. The average Bonchev–Trinajstić information content (AvgIpc) is 3.15. The first-order chi connectivity index (χ1) is 14.5. The van der Waals surface area contributed by atoms with Crippen molar-refractivity contribution in [1.82, 2.24) is 14.8 Å². The summed E-state index contributed by atoms with van der Waals surface area (Å²) in [7, 11) is 0. The van der Waals surface area contributed by atoms with Gasteiger partial charge in [0.25, 0.3) is 0 Å².